The van der Waals surface area contributed by atoms with Crippen molar-refractivity contribution in [2.75, 3.05) is 11.5 Å². The van der Waals surface area contributed by atoms with Crippen molar-refractivity contribution in [1.82, 2.24) is 5.32 Å². The average Bonchev–Trinajstić information content (AvgIpc) is 2.20. The molecule has 0 aromatic heterocycles. The lowest BCUT2D eigenvalue weighted by molar-refractivity contribution is 0.187. The van der Waals surface area contributed by atoms with E-state index in [0.717, 1.165) is 24.3 Å². The summed E-state index contributed by atoms with van der Waals surface area (Å²) < 4.78 is 11.3. The zero-order chi connectivity index (χ0) is 11.6. The van der Waals surface area contributed by atoms with Gasteiger partial charge in [0.1, 0.15) is 0 Å². The Bertz CT molecular complexity index is 255. The molecule has 16 heavy (non-hydrogen) atoms. The van der Waals surface area contributed by atoms with E-state index in [-0.39, 0.29) is 0 Å². The monoisotopic (exact) mass is 243 g/mol. The third-order valence-electron chi connectivity index (χ3n) is 4.06. The van der Waals surface area contributed by atoms with Crippen LogP contribution in [0.25, 0.3) is 0 Å². The van der Waals surface area contributed by atoms with Crippen LogP contribution in [0.1, 0.15) is 52.4 Å². The summed E-state index contributed by atoms with van der Waals surface area (Å²) in [5.74, 6) is 1.82. The molecule has 1 saturated carbocycles. The molecule has 0 bridgehead atoms. The van der Waals surface area contributed by atoms with Crippen molar-refractivity contribution >= 4 is 10.8 Å². The predicted molar refractivity (Wildman–Crippen MR) is 70.1 cm³/mol. The van der Waals surface area contributed by atoms with Gasteiger partial charge < -0.3 is 5.32 Å². The summed E-state index contributed by atoms with van der Waals surface area (Å²) >= 11 is 0. The molecule has 1 unspecified atom stereocenters. The second kappa shape index (κ2) is 5.18. The summed E-state index contributed by atoms with van der Waals surface area (Å²) in [6, 6.07) is 1.34. The van der Waals surface area contributed by atoms with E-state index < -0.39 is 10.8 Å². The summed E-state index contributed by atoms with van der Waals surface area (Å²) in [6.45, 7) is 4.77. The second-order valence-corrected chi connectivity index (χ2v) is 7.94. The highest BCUT2D eigenvalue weighted by molar-refractivity contribution is 7.85. The fraction of sp³-hybridized carbons (Fsp3) is 1.00. The van der Waals surface area contributed by atoms with Crippen molar-refractivity contribution in [3.63, 3.8) is 0 Å². The van der Waals surface area contributed by atoms with Crippen LogP contribution >= 0.6 is 0 Å². The molecule has 2 fully saturated rings. The van der Waals surface area contributed by atoms with Crippen LogP contribution in [-0.4, -0.2) is 27.8 Å². The number of nitrogens with one attached hydrogen (secondary N) is 1. The number of rotatable bonds is 2. The highest BCUT2D eigenvalue weighted by Crippen LogP contribution is 2.35. The molecule has 0 radical (unpaired) electrons. The number of hydrogen-bond donors (Lipinski definition) is 1. The van der Waals surface area contributed by atoms with E-state index in [1.807, 2.05) is 0 Å². The van der Waals surface area contributed by atoms with E-state index in [1.165, 1.54) is 25.7 Å². The average molecular weight is 243 g/mol. The molecule has 94 valence electrons. The van der Waals surface area contributed by atoms with Gasteiger partial charge in [0.15, 0.2) is 0 Å². The SMILES string of the molecule is CC1(C)CCCC(NC2CCS(=O)CC2)C1. The van der Waals surface area contributed by atoms with Gasteiger partial charge in [-0.25, -0.2) is 0 Å². The third-order valence-corrected chi connectivity index (χ3v) is 5.45. The Morgan fingerprint density at radius 3 is 2.44 bits per heavy atom. The topological polar surface area (TPSA) is 29.1 Å². The summed E-state index contributed by atoms with van der Waals surface area (Å²) in [5.41, 5.74) is 0.521. The first-order valence-electron chi connectivity index (χ1n) is 6.66. The van der Waals surface area contributed by atoms with Crippen molar-refractivity contribution in [3.05, 3.63) is 0 Å². The molecule has 0 amide bonds. The van der Waals surface area contributed by atoms with Crippen LogP contribution in [0.15, 0.2) is 0 Å². The quantitative estimate of drug-likeness (QED) is 0.807. The molecule has 3 heteroatoms. The zero-order valence-electron chi connectivity index (χ0n) is 10.6. The van der Waals surface area contributed by atoms with E-state index in [1.54, 1.807) is 0 Å². The smallest absolute Gasteiger partial charge is 0.0249 e. The molecule has 1 atom stereocenters. The predicted octanol–water partition coefficient (Wildman–Crippen LogP) is 2.46. The maximum absolute atomic E-state index is 11.3. The summed E-state index contributed by atoms with van der Waals surface area (Å²) in [6.07, 6.45) is 7.62. The van der Waals surface area contributed by atoms with Crippen LogP contribution in [0, 0.1) is 5.41 Å². The van der Waals surface area contributed by atoms with Gasteiger partial charge >= 0.3 is 0 Å². The minimum atomic E-state index is -0.523. The molecule has 1 aliphatic heterocycles. The van der Waals surface area contributed by atoms with E-state index >= 15 is 0 Å². The molecule has 1 aliphatic carbocycles. The van der Waals surface area contributed by atoms with Gasteiger partial charge in [-0.15, -0.1) is 0 Å². The van der Waals surface area contributed by atoms with Gasteiger partial charge in [-0.2, -0.15) is 0 Å². The summed E-state index contributed by atoms with van der Waals surface area (Å²) in [4.78, 5) is 0. The Morgan fingerprint density at radius 2 is 1.81 bits per heavy atom. The van der Waals surface area contributed by atoms with Crippen molar-refractivity contribution in [3.8, 4) is 0 Å². The lowest BCUT2D eigenvalue weighted by Gasteiger charge is -2.38. The van der Waals surface area contributed by atoms with Crippen molar-refractivity contribution in [2.24, 2.45) is 5.41 Å². The Labute approximate surface area is 102 Å². The zero-order valence-corrected chi connectivity index (χ0v) is 11.4. The molecule has 0 aromatic rings. The maximum atomic E-state index is 11.3. The van der Waals surface area contributed by atoms with E-state index in [2.05, 4.69) is 19.2 Å². The van der Waals surface area contributed by atoms with Crippen molar-refractivity contribution < 1.29 is 4.21 Å². The lowest BCUT2D eigenvalue weighted by Crippen LogP contribution is -2.45. The molecule has 0 spiro atoms. The van der Waals surface area contributed by atoms with Gasteiger partial charge in [0.25, 0.3) is 0 Å². The van der Waals surface area contributed by atoms with Gasteiger partial charge in [-0.05, 0) is 37.5 Å². The molecule has 2 rings (SSSR count). The first-order valence-corrected chi connectivity index (χ1v) is 8.15. The Balaban J connectivity index is 1.78. The van der Waals surface area contributed by atoms with Crippen LogP contribution in [0.2, 0.25) is 0 Å². The van der Waals surface area contributed by atoms with Crippen LogP contribution in [-0.2, 0) is 10.8 Å². The molecular formula is C13H25NOS. The van der Waals surface area contributed by atoms with Gasteiger partial charge in [-0.1, -0.05) is 20.3 Å². The van der Waals surface area contributed by atoms with Crippen LogP contribution in [0.4, 0.5) is 0 Å². The minimum absolute atomic E-state index is 0.521. The fourth-order valence-electron chi connectivity index (χ4n) is 3.13. The summed E-state index contributed by atoms with van der Waals surface area (Å²) in [5, 5.41) is 3.80. The standard InChI is InChI=1S/C13H25NOS/c1-13(2)7-3-4-12(10-13)14-11-5-8-16(15)9-6-11/h11-12,14H,3-10H2,1-2H3. The fourth-order valence-corrected chi connectivity index (χ4v) is 4.43. The minimum Gasteiger partial charge on any atom is -0.311 e. The van der Waals surface area contributed by atoms with E-state index in [4.69, 9.17) is 0 Å². The Morgan fingerprint density at radius 1 is 1.12 bits per heavy atom. The Kier molecular flexibility index (Phi) is 4.06. The third kappa shape index (κ3) is 3.56. The second-order valence-electron chi connectivity index (χ2n) is 6.25. The van der Waals surface area contributed by atoms with Gasteiger partial charge in [-0.3, -0.25) is 4.21 Å². The maximum Gasteiger partial charge on any atom is 0.0249 e. The lowest BCUT2D eigenvalue weighted by atomic mass is 9.75. The van der Waals surface area contributed by atoms with Crippen molar-refractivity contribution in [2.45, 2.75) is 64.5 Å². The van der Waals surface area contributed by atoms with Gasteiger partial charge in [0.05, 0.1) is 0 Å². The highest BCUT2D eigenvalue weighted by Gasteiger charge is 2.29. The molecule has 2 aliphatic rings. The molecule has 0 aromatic carbocycles. The van der Waals surface area contributed by atoms with Crippen molar-refractivity contribution in [1.29, 1.82) is 0 Å². The van der Waals surface area contributed by atoms with Crippen LogP contribution in [0.3, 0.4) is 0 Å². The molecule has 1 saturated heterocycles. The normalized spacial score (nSPS) is 39.5. The van der Waals surface area contributed by atoms with Gasteiger partial charge in [0, 0.05) is 34.4 Å². The highest BCUT2D eigenvalue weighted by atomic mass is 32.2. The molecule has 2 nitrogen and oxygen atoms in total. The first-order chi connectivity index (χ1) is 7.55. The Hall–Kier alpha value is 0.110. The molecule has 1 N–H and O–H groups in total. The van der Waals surface area contributed by atoms with E-state index in [9.17, 15) is 4.21 Å². The van der Waals surface area contributed by atoms with Crippen LogP contribution in [0.5, 0.6) is 0 Å². The largest absolute Gasteiger partial charge is 0.311 e. The van der Waals surface area contributed by atoms with Crippen LogP contribution < -0.4 is 5.32 Å². The molecular weight excluding hydrogens is 218 g/mol. The summed E-state index contributed by atoms with van der Waals surface area (Å²) in [7, 11) is -0.523. The number of hydrogen-bond acceptors (Lipinski definition) is 2. The van der Waals surface area contributed by atoms with Gasteiger partial charge in [0.2, 0.25) is 0 Å². The molecule has 1 heterocycles. The first kappa shape index (κ1) is 12.6. The van der Waals surface area contributed by atoms with E-state index in [0.29, 0.717) is 17.5 Å².